The normalized spacial score (nSPS) is 9.92. The lowest BCUT2D eigenvalue weighted by Crippen LogP contribution is -2.04. The summed E-state index contributed by atoms with van der Waals surface area (Å²) in [6.45, 7) is 11.1. The average molecular weight is 331 g/mol. The van der Waals surface area contributed by atoms with Gasteiger partial charge >= 0.3 is 0 Å². The van der Waals surface area contributed by atoms with Crippen LogP contribution in [0.1, 0.15) is 42.1 Å². The molecule has 0 fully saturated rings. The number of hydrogen-bond acceptors (Lipinski definition) is 2. The summed E-state index contributed by atoms with van der Waals surface area (Å²) in [5, 5.41) is 8.93. The van der Waals surface area contributed by atoms with Gasteiger partial charge in [-0.1, -0.05) is 32.0 Å². The van der Waals surface area contributed by atoms with Crippen molar-refractivity contribution in [3.05, 3.63) is 76.9 Å². The molecule has 3 rings (SSSR count). The van der Waals surface area contributed by atoms with Crippen molar-refractivity contribution in [2.45, 2.75) is 41.2 Å². The zero-order valence-electron chi connectivity index (χ0n) is 15.7. The third-order valence-corrected chi connectivity index (χ3v) is 4.21. The van der Waals surface area contributed by atoms with Crippen LogP contribution < -0.4 is 0 Å². The minimum Gasteiger partial charge on any atom is -0.344 e. The summed E-state index contributed by atoms with van der Waals surface area (Å²) >= 11 is 0. The van der Waals surface area contributed by atoms with Gasteiger partial charge in [-0.3, -0.25) is 4.98 Å². The minimum atomic E-state index is 0.688. The van der Waals surface area contributed by atoms with E-state index in [4.69, 9.17) is 5.26 Å². The lowest BCUT2D eigenvalue weighted by molar-refractivity contribution is 0.746. The van der Waals surface area contributed by atoms with E-state index in [2.05, 4.69) is 41.6 Å². The van der Waals surface area contributed by atoms with Gasteiger partial charge in [0.1, 0.15) is 0 Å². The number of benzene rings is 1. The third kappa shape index (κ3) is 4.16. The number of pyridine rings is 1. The van der Waals surface area contributed by atoms with Crippen LogP contribution in [0.2, 0.25) is 0 Å². The molecule has 0 radical (unpaired) electrons. The summed E-state index contributed by atoms with van der Waals surface area (Å²) < 4.78 is 2.31. The Morgan fingerprint density at radius 2 is 1.68 bits per heavy atom. The summed E-state index contributed by atoms with van der Waals surface area (Å²) in [5.41, 5.74) is 7.73. The molecule has 3 aromatic rings. The number of aryl methyl sites for hydroxylation is 2. The molecular weight excluding hydrogens is 306 g/mol. The van der Waals surface area contributed by atoms with Crippen molar-refractivity contribution in [1.29, 1.82) is 5.26 Å². The van der Waals surface area contributed by atoms with Gasteiger partial charge in [0.05, 0.1) is 11.6 Å². The Labute approximate surface area is 150 Å². The molecule has 0 N–H and O–H groups in total. The van der Waals surface area contributed by atoms with Gasteiger partial charge in [0.25, 0.3) is 0 Å². The van der Waals surface area contributed by atoms with Gasteiger partial charge in [0, 0.05) is 35.4 Å². The summed E-state index contributed by atoms with van der Waals surface area (Å²) in [6.07, 6.45) is 1.94. The first-order valence-electron chi connectivity index (χ1n) is 8.67. The quantitative estimate of drug-likeness (QED) is 0.643. The van der Waals surface area contributed by atoms with Crippen molar-refractivity contribution in [2.24, 2.45) is 0 Å². The van der Waals surface area contributed by atoms with Crippen LogP contribution in [-0.2, 0) is 6.54 Å². The van der Waals surface area contributed by atoms with Crippen LogP contribution in [0.3, 0.4) is 0 Å². The molecule has 3 heteroatoms. The van der Waals surface area contributed by atoms with Crippen molar-refractivity contribution in [3.63, 3.8) is 0 Å². The van der Waals surface area contributed by atoms with E-state index >= 15 is 0 Å². The first-order valence-corrected chi connectivity index (χ1v) is 8.67. The minimum absolute atomic E-state index is 0.688. The van der Waals surface area contributed by atoms with E-state index in [-0.39, 0.29) is 0 Å². The molecule has 0 saturated carbocycles. The lowest BCUT2D eigenvalue weighted by Gasteiger charge is -2.10. The zero-order valence-corrected chi connectivity index (χ0v) is 15.7. The fourth-order valence-corrected chi connectivity index (χ4v) is 2.84. The van der Waals surface area contributed by atoms with Gasteiger partial charge < -0.3 is 4.57 Å². The largest absolute Gasteiger partial charge is 0.344 e. The highest BCUT2D eigenvalue weighted by Gasteiger charge is 2.11. The van der Waals surface area contributed by atoms with Crippen molar-refractivity contribution >= 4 is 0 Å². The molecule has 0 bridgehead atoms. The maximum Gasteiger partial charge on any atom is 0.0991 e. The average Bonchev–Trinajstić information content (AvgIpc) is 2.93. The molecule has 2 aromatic heterocycles. The summed E-state index contributed by atoms with van der Waals surface area (Å²) in [4.78, 5) is 4.37. The van der Waals surface area contributed by atoms with Crippen LogP contribution in [0.5, 0.6) is 0 Å². The molecule has 3 nitrogen and oxygen atoms in total. The molecule has 0 spiro atoms. The Morgan fingerprint density at radius 1 is 1.00 bits per heavy atom. The molecule has 1 aromatic carbocycles. The fourth-order valence-electron chi connectivity index (χ4n) is 2.84. The first kappa shape index (κ1) is 18.5. The fraction of sp³-hybridized carbons (Fsp3) is 0.273. The van der Waals surface area contributed by atoms with Gasteiger partial charge in [-0.15, -0.1) is 0 Å². The summed E-state index contributed by atoms with van der Waals surface area (Å²) in [7, 11) is 0. The third-order valence-electron chi connectivity index (χ3n) is 4.21. The van der Waals surface area contributed by atoms with Crippen LogP contribution in [0.15, 0.2) is 48.7 Å². The van der Waals surface area contributed by atoms with E-state index in [9.17, 15) is 0 Å². The van der Waals surface area contributed by atoms with Gasteiger partial charge in [-0.2, -0.15) is 5.26 Å². The molecule has 0 atom stereocenters. The lowest BCUT2D eigenvalue weighted by atomic mass is 10.0. The van der Waals surface area contributed by atoms with E-state index in [1.54, 1.807) is 0 Å². The number of nitriles is 1. The Bertz CT molecular complexity index is 863. The molecule has 0 aliphatic carbocycles. The molecule has 0 aliphatic heterocycles. The van der Waals surface area contributed by atoms with Crippen molar-refractivity contribution < 1.29 is 0 Å². The van der Waals surface area contributed by atoms with Gasteiger partial charge in [0.15, 0.2) is 0 Å². The van der Waals surface area contributed by atoms with E-state index in [1.165, 1.54) is 22.5 Å². The van der Waals surface area contributed by atoms with Gasteiger partial charge in [-0.05, 0) is 56.2 Å². The number of hydrogen-bond donors (Lipinski definition) is 0. The summed E-state index contributed by atoms with van der Waals surface area (Å²) in [5.74, 6) is 0. The SMILES string of the molecule is CC.Cc1ccc(Cn2c(C)cc(-c3ccc(C#N)cc3)c2C)cn1. The van der Waals surface area contributed by atoms with Gasteiger partial charge in [-0.25, -0.2) is 0 Å². The highest BCUT2D eigenvalue weighted by atomic mass is 15.0. The number of aromatic nitrogens is 2. The van der Waals surface area contributed by atoms with E-state index in [0.717, 1.165) is 17.8 Å². The topological polar surface area (TPSA) is 41.6 Å². The van der Waals surface area contributed by atoms with Crippen LogP contribution >= 0.6 is 0 Å². The Kier molecular flexibility index (Phi) is 6.14. The van der Waals surface area contributed by atoms with E-state index in [1.807, 2.05) is 57.3 Å². The van der Waals surface area contributed by atoms with Crippen LogP contribution in [0.4, 0.5) is 0 Å². The highest BCUT2D eigenvalue weighted by molar-refractivity contribution is 5.68. The standard InChI is InChI=1S/C20H19N3.C2H6/c1-14-4-5-18(12-22-14)13-23-15(2)10-20(16(23)3)19-8-6-17(11-21)7-9-19;1-2/h4-10,12H,13H2,1-3H3;1-2H3. The Morgan fingerprint density at radius 3 is 2.24 bits per heavy atom. The maximum atomic E-state index is 8.93. The smallest absolute Gasteiger partial charge is 0.0991 e. The molecule has 0 saturated heterocycles. The molecular formula is C22H25N3. The number of rotatable bonds is 3. The molecule has 25 heavy (non-hydrogen) atoms. The Balaban J connectivity index is 0.00000109. The van der Waals surface area contributed by atoms with Crippen molar-refractivity contribution in [1.82, 2.24) is 9.55 Å². The molecule has 0 amide bonds. The molecule has 0 aliphatic rings. The Hall–Kier alpha value is -2.86. The summed E-state index contributed by atoms with van der Waals surface area (Å²) in [6, 6.07) is 16.3. The van der Waals surface area contributed by atoms with Crippen LogP contribution in [0, 0.1) is 32.1 Å². The monoisotopic (exact) mass is 331 g/mol. The van der Waals surface area contributed by atoms with Crippen LogP contribution in [-0.4, -0.2) is 9.55 Å². The second-order valence-corrected chi connectivity index (χ2v) is 5.87. The molecule has 2 heterocycles. The van der Waals surface area contributed by atoms with E-state index in [0.29, 0.717) is 5.56 Å². The van der Waals surface area contributed by atoms with Crippen molar-refractivity contribution in [2.75, 3.05) is 0 Å². The van der Waals surface area contributed by atoms with Crippen molar-refractivity contribution in [3.8, 4) is 17.2 Å². The van der Waals surface area contributed by atoms with Gasteiger partial charge in [0.2, 0.25) is 0 Å². The maximum absolute atomic E-state index is 8.93. The zero-order chi connectivity index (χ0) is 18.4. The van der Waals surface area contributed by atoms with Crippen LogP contribution in [0.25, 0.3) is 11.1 Å². The van der Waals surface area contributed by atoms with E-state index < -0.39 is 0 Å². The predicted molar refractivity (Wildman–Crippen MR) is 103 cm³/mol. The molecule has 0 unspecified atom stereocenters. The first-order chi connectivity index (χ1) is 12.1. The highest BCUT2D eigenvalue weighted by Crippen LogP contribution is 2.27. The second-order valence-electron chi connectivity index (χ2n) is 5.87. The molecule has 128 valence electrons. The predicted octanol–water partition coefficient (Wildman–Crippen LogP) is 5.42. The second kappa shape index (κ2) is 8.30. The number of nitrogens with zero attached hydrogens (tertiary/aromatic N) is 3.